The quantitative estimate of drug-likeness (QED) is 0.718. The predicted molar refractivity (Wildman–Crippen MR) is 97.1 cm³/mol. The van der Waals surface area contributed by atoms with Crippen LogP contribution in [0.25, 0.3) is 11.2 Å². The first-order chi connectivity index (χ1) is 12.7. The molecule has 136 valence electrons. The molecule has 0 spiro atoms. The summed E-state index contributed by atoms with van der Waals surface area (Å²) in [5.74, 6) is 0.932. The average Bonchev–Trinajstić information content (AvgIpc) is 3.07. The smallest absolute Gasteiger partial charge is 0.318 e. The number of benzene rings is 1. The van der Waals surface area contributed by atoms with Crippen molar-refractivity contribution in [3.63, 3.8) is 0 Å². The normalized spacial score (nSPS) is 17.4. The van der Waals surface area contributed by atoms with Crippen molar-refractivity contribution in [3.8, 4) is 11.8 Å². The number of ether oxygens (including phenoxy) is 2. The van der Waals surface area contributed by atoms with E-state index in [0.29, 0.717) is 40.0 Å². The number of aromatic nitrogens is 4. The molecule has 3 aromatic rings. The molecule has 1 aliphatic rings. The maximum Gasteiger partial charge on any atom is 0.318 e. The van der Waals surface area contributed by atoms with Gasteiger partial charge in [0, 0.05) is 17.7 Å². The molecule has 1 saturated heterocycles. The Bertz CT molecular complexity index is 940. The Kier molecular flexibility index (Phi) is 4.52. The molecule has 1 unspecified atom stereocenters. The molecule has 4 rings (SSSR count). The summed E-state index contributed by atoms with van der Waals surface area (Å²) in [5.41, 5.74) is 1.70. The fourth-order valence-corrected chi connectivity index (χ4v) is 3.20. The third kappa shape index (κ3) is 3.13. The molecule has 1 atom stereocenters. The monoisotopic (exact) mass is 375 g/mol. The van der Waals surface area contributed by atoms with Crippen LogP contribution in [-0.4, -0.2) is 38.3 Å². The SMILES string of the molecule is COc1cc(Cl)ccc1Nc1nc(O)nc2c1ncn2C1CCCCO1. The summed E-state index contributed by atoms with van der Waals surface area (Å²) >= 11 is 6.01. The zero-order valence-corrected chi connectivity index (χ0v) is 14.9. The van der Waals surface area contributed by atoms with E-state index in [0.717, 1.165) is 19.3 Å². The van der Waals surface area contributed by atoms with Gasteiger partial charge in [0.15, 0.2) is 17.0 Å². The molecule has 8 nitrogen and oxygen atoms in total. The molecular formula is C17H18ClN5O3. The Morgan fingerprint density at radius 2 is 2.23 bits per heavy atom. The van der Waals surface area contributed by atoms with Crippen LogP contribution in [-0.2, 0) is 4.74 Å². The predicted octanol–water partition coefficient (Wildman–Crippen LogP) is 3.64. The molecule has 0 bridgehead atoms. The summed E-state index contributed by atoms with van der Waals surface area (Å²) in [4.78, 5) is 12.6. The van der Waals surface area contributed by atoms with Crippen LogP contribution < -0.4 is 10.1 Å². The Balaban J connectivity index is 1.75. The van der Waals surface area contributed by atoms with E-state index in [1.165, 1.54) is 0 Å². The highest BCUT2D eigenvalue weighted by molar-refractivity contribution is 6.30. The van der Waals surface area contributed by atoms with Gasteiger partial charge in [0.1, 0.15) is 12.0 Å². The lowest BCUT2D eigenvalue weighted by atomic mass is 10.2. The Hall–Kier alpha value is -2.58. The fraction of sp³-hybridized carbons (Fsp3) is 0.353. The summed E-state index contributed by atoms with van der Waals surface area (Å²) in [6, 6.07) is 4.86. The van der Waals surface area contributed by atoms with Gasteiger partial charge in [-0.05, 0) is 31.4 Å². The molecule has 1 fully saturated rings. The number of methoxy groups -OCH3 is 1. The van der Waals surface area contributed by atoms with Crippen molar-refractivity contribution in [1.82, 2.24) is 19.5 Å². The molecule has 26 heavy (non-hydrogen) atoms. The van der Waals surface area contributed by atoms with Crippen LogP contribution in [0.4, 0.5) is 11.5 Å². The van der Waals surface area contributed by atoms with Gasteiger partial charge in [0.2, 0.25) is 0 Å². The van der Waals surface area contributed by atoms with Gasteiger partial charge in [-0.3, -0.25) is 4.57 Å². The van der Waals surface area contributed by atoms with E-state index in [-0.39, 0.29) is 12.2 Å². The minimum absolute atomic E-state index is 0.138. The zero-order chi connectivity index (χ0) is 18.1. The lowest BCUT2D eigenvalue weighted by Gasteiger charge is -2.23. The summed E-state index contributed by atoms with van der Waals surface area (Å²) in [5, 5.41) is 13.7. The number of anilines is 2. The van der Waals surface area contributed by atoms with E-state index >= 15 is 0 Å². The molecule has 0 radical (unpaired) electrons. The van der Waals surface area contributed by atoms with Crippen LogP contribution in [0, 0.1) is 0 Å². The second-order valence-electron chi connectivity index (χ2n) is 5.99. The number of aromatic hydroxyl groups is 1. The van der Waals surface area contributed by atoms with Crippen LogP contribution in [0.3, 0.4) is 0 Å². The lowest BCUT2D eigenvalue weighted by Crippen LogP contribution is -2.17. The van der Waals surface area contributed by atoms with Gasteiger partial charge in [-0.2, -0.15) is 9.97 Å². The molecule has 1 aliphatic heterocycles. The summed E-state index contributed by atoms with van der Waals surface area (Å²) in [6.07, 6.45) is 4.53. The van der Waals surface area contributed by atoms with Crippen molar-refractivity contribution in [2.24, 2.45) is 0 Å². The number of imidazole rings is 1. The molecule has 0 saturated carbocycles. The zero-order valence-electron chi connectivity index (χ0n) is 14.1. The van der Waals surface area contributed by atoms with Gasteiger partial charge in [-0.15, -0.1) is 0 Å². The summed E-state index contributed by atoms with van der Waals surface area (Å²) in [6.45, 7) is 0.703. The minimum Gasteiger partial charge on any atom is -0.495 e. The number of hydrogen-bond donors (Lipinski definition) is 2. The minimum atomic E-state index is -0.342. The Morgan fingerprint density at radius 3 is 3.00 bits per heavy atom. The van der Waals surface area contributed by atoms with Crippen molar-refractivity contribution in [2.45, 2.75) is 25.5 Å². The number of hydrogen-bond acceptors (Lipinski definition) is 7. The van der Waals surface area contributed by atoms with Gasteiger partial charge in [-0.1, -0.05) is 11.6 Å². The van der Waals surface area contributed by atoms with Crippen molar-refractivity contribution in [1.29, 1.82) is 0 Å². The summed E-state index contributed by atoms with van der Waals surface area (Å²) < 4.78 is 13.0. The number of halogens is 1. The molecule has 0 amide bonds. The fourth-order valence-electron chi connectivity index (χ4n) is 3.04. The highest BCUT2D eigenvalue weighted by atomic mass is 35.5. The molecule has 3 heterocycles. The van der Waals surface area contributed by atoms with Crippen LogP contribution in [0.1, 0.15) is 25.5 Å². The first-order valence-electron chi connectivity index (χ1n) is 8.31. The maximum absolute atomic E-state index is 10.0. The van der Waals surface area contributed by atoms with Crippen molar-refractivity contribution >= 4 is 34.3 Å². The Morgan fingerprint density at radius 1 is 1.35 bits per heavy atom. The van der Waals surface area contributed by atoms with Crippen molar-refractivity contribution < 1.29 is 14.6 Å². The third-order valence-electron chi connectivity index (χ3n) is 4.29. The topological polar surface area (TPSA) is 94.3 Å². The second kappa shape index (κ2) is 6.97. The van der Waals surface area contributed by atoms with E-state index in [2.05, 4.69) is 20.3 Å². The van der Waals surface area contributed by atoms with Crippen LogP contribution in [0.5, 0.6) is 11.8 Å². The van der Waals surface area contributed by atoms with Gasteiger partial charge in [0.05, 0.1) is 19.1 Å². The molecule has 2 N–H and O–H groups in total. The number of nitrogens with zero attached hydrogens (tertiary/aromatic N) is 4. The molecular weight excluding hydrogens is 358 g/mol. The highest BCUT2D eigenvalue weighted by Crippen LogP contribution is 2.33. The van der Waals surface area contributed by atoms with Crippen molar-refractivity contribution in [2.75, 3.05) is 19.0 Å². The number of fused-ring (bicyclic) bond motifs is 1. The molecule has 0 aliphatic carbocycles. The third-order valence-corrected chi connectivity index (χ3v) is 4.53. The highest BCUT2D eigenvalue weighted by Gasteiger charge is 2.21. The largest absolute Gasteiger partial charge is 0.495 e. The first kappa shape index (κ1) is 16.9. The first-order valence-corrected chi connectivity index (χ1v) is 8.69. The van der Waals surface area contributed by atoms with Gasteiger partial charge >= 0.3 is 6.01 Å². The lowest BCUT2D eigenvalue weighted by molar-refractivity contribution is -0.0298. The number of rotatable bonds is 4. The van der Waals surface area contributed by atoms with Gasteiger partial charge in [0.25, 0.3) is 0 Å². The van der Waals surface area contributed by atoms with E-state index in [4.69, 9.17) is 21.1 Å². The van der Waals surface area contributed by atoms with Gasteiger partial charge < -0.3 is 19.9 Å². The summed E-state index contributed by atoms with van der Waals surface area (Å²) in [7, 11) is 1.55. The molecule has 2 aromatic heterocycles. The van der Waals surface area contributed by atoms with Crippen LogP contribution in [0.15, 0.2) is 24.5 Å². The van der Waals surface area contributed by atoms with E-state index < -0.39 is 0 Å². The van der Waals surface area contributed by atoms with E-state index in [1.807, 2.05) is 4.57 Å². The van der Waals surface area contributed by atoms with E-state index in [1.54, 1.807) is 31.6 Å². The van der Waals surface area contributed by atoms with Crippen LogP contribution in [0.2, 0.25) is 5.02 Å². The van der Waals surface area contributed by atoms with Crippen LogP contribution >= 0.6 is 11.6 Å². The Labute approximate surface area is 154 Å². The standard InChI is InChI=1S/C17H18ClN5O3/c1-25-12-8-10(18)5-6-11(12)20-15-14-16(22-17(24)21-15)23(9-19-14)13-4-2-3-7-26-13/h5-6,8-9,13H,2-4,7H2,1H3,(H2,20,21,22,24). The molecule has 1 aromatic carbocycles. The van der Waals surface area contributed by atoms with Crippen molar-refractivity contribution in [3.05, 3.63) is 29.5 Å². The van der Waals surface area contributed by atoms with Gasteiger partial charge in [-0.25, -0.2) is 4.98 Å². The second-order valence-corrected chi connectivity index (χ2v) is 6.42. The average molecular weight is 376 g/mol. The van der Waals surface area contributed by atoms with E-state index in [9.17, 15) is 5.11 Å². The maximum atomic E-state index is 10.0. The molecule has 9 heteroatoms. The number of nitrogens with one attached hydrogen (secondary N) is 1.